The molecule has 1 amide bonds. The predicted octanol–water partition coefficient (Wildman–Crippen LogP) is 4.89. The van der Waals surface area contributed by atoms with Gasteiger partial charge in [0.2, 0.25) is 0 Å². The summed E-state index contributed by atoms with van der Waals surface area (Å²) >= 11 is 6.26. The molecule has 1 saturated heterocycles. The number of carbonyl (C=O) groups excluding carboxylic acids is 1. The van der Waals surface area contributed by atoms with Gasteiger partial charge in [0, 0.05) is 53.5 Å². The van der Waals surface area contributed by atoms with Crippen molar-refractivity contribution in [1.82, 2.24) is 4.90 Å². The van der Waals surface area contributed by atoms with Crippen LogP contribution < -0.4 is 10.2 Å². The van der Waals surface area contributed by atoms with Crippen LogP contribution in [-0.2, 0) is 0 Å². The normalized spacial score (nSPS) is 15.0. The fourth-order valence-electron chi connectivity index (χ4n) is 3.75. The molecule has 0 unspecified atom stereocenters. The number of rotatable bonds is 4. The van der Waals surface area contributed by atoms with Crippen LogP contribution in [0.1, 0.15) is 17.3 Å². The topological polar surface area (TPSA) is 35.6 Å². The van der Waals surface area contributed by atoms with Crippen molar-refractivity contribution in [1.29, 1.82) is 0 Å². The van der Waals surface area contributed by atoms with Crippen LogP contribution in [0, 0.1) is 0 Å². The molecule has 3 aromatic carbocycles. The van der Waals surface area contributed by atoms with Crippen LogP contribution in [-0.4, -0.2) is 43.5 Å². The van der Waals surface area contributed by atoms with Crippen molar-refractivity contribution in [3.8, 4) is 0 Å². The fourth-order valence-corrected chi connectivity index (χ4v) is 3.98. The quantitative estimate of drug-likeness (QED) is 0.685. The van der Waals surface area contributed by atoms with Crippen molar-refractivity contribution < 1.29 is 4.79 Å². The molecule has 0 saturated carbocycles. The highest BCUT2D eigenvalue weighted by Crippen LogP contribution is 2.27. The summed E-state index contributed by atoms with van der Waals surface area (Å²) in [6.45, 7) is 7.58. The first-order valence-electron chi connectivity index (χ1n) is 9.71. The number of fused-ring (bicyclic) bond motifs is 1. The number of benzene rings is 3. The van der Waals surface area contributed by atoms with E-state index in [-0.39, 0.29) is 5.91 Å². The Balaban J connectivity index is 1.48. The van der Waals surface area contributed by atoms with Gasteiger partial charge < -0.3 is 15.1 Å². The molecule has 0 atom stereocenters. The van der Waals surface area contributed by atoms with Crippen molar-refractivity contribution in [3.05, 3.63) is 71.2 Å². The fraction of sp³-hybridized carbons (Fsp3) is 0.261. The van der Waals surface area contributed by atoms with E-state index >= 15 is 0 Å². The van der Waals surface area contributed by atoms with Crippen LogP contribution in [0.25, 0.3) is 10.8 Å². The lowest BCUT2D eigenvalue weighted by atomic mass is 10.0. The summed E-state index contributed by atoms with van der Waals surface area (Å²) in [5.74, 6) is -0.128. The molecular weight excluding hydrogens is 370 g/mol. The van der Waals surface area contributed by atoms with E-state index in [1.165, 1.54) is 5.69 Å². The number of hydrogen-bond donors (Lipinski definition) is 1. The molecule has 1 heterocycles. The van der Waals surface area contributed by atoms with E-state index in [4.69, 9.17) is 11.6 Å². The molecule has 1 aliphatic heterocycles. The molecule has 0 aliphatic carbocycles. The minimum absolute atomic E-state index is 0.128. The molecule has 1 N–H and O–H groups in total. The van der Waals surface area contributed by atoms with Gasteiger partial charge in [0.05, 0.1) is 0 Å². The van der Waals surface area contributed by atoms with Crippen LogP contribution >= 0.6 is 11.6 Å². The van der Waals surface area contributed by atoms with Crippen molar-refractivity contribution >= 4 is 39.7 Å². The smallest absolute Gasteiger partial charge is 0.256 e. The summed E-state index contributed by atoms with van der Waals surface area (Å²) < 4.78 is 0. The maximum absolute atomic E-state index is 12.8. The summed E-state index contributed by atoms with van der Waals surface area (Å²) in [7, 11) is 0. The molecule has 0 spiro atoms. The Hall–Kier alpha value is -2.56. The average Bonchev–Trinajstić information content (AvgIpc) is 2.74. The van der Waals surface area contributed by atoms with Crippen molar-refractivity contribution in [2.45, 2.75) is 6.92 Å². The third-order valence-corrected chi connectivity index (χ3v) is 5.75. The van der Waals surface area contributed by atoms with E-state index in [1.54, 1.807) is 0 Å². The number of hydrogen-bond acceptors (Lipinski definition) is 3. The second kappa shape index (κ2) is 8.21. The second-order valence-corrected chi connectivity index (χ2v) is 7.47. The van der Waals surface area contributed by atoms with E-state index in [2.05, 4.69) is 34.2 Å². The predicted molar refractivity (Wildman–Crippen MR) is 118 cm³/mol. The number of nitrogens with one attached hydrogen (secondary N) is 1. The molecule has 4 rings (SSSR count). The maximum Gasteiger partial charge on any atom is 0.256 e. The summed E-state index contributed by atoms with van der Waals surface area (Å²) in [4.78, 5) is 17.7. The van der Waals surface area contributed by atoms with Crippen molar-refractivity contribution in [2.75, 3.05) is 42.9 Å². The number of carbonyl (C=O) groups is 1. The molecule has 28 heavy (non-hydrogen) atoms. The molecule has 144 valence electrons. The second-order valence-electron chi connectivity index (χ2n) is 7.06. The molecular formula is C23H24ClN3O. The van der Waals surface area contributed by atoms with Crippen LogP contribution in [0.2, 0.25) is 5.02 Å². The molecule has 1 aliphatic rings. The minimum Gasteiger partial charge on any atom is -0.369 e. The van der Waals surface area contributed by atoms with E-state index in [9.17, 15) is 4.79 Å². The molecule has 0 aromatic heterocycles. The highest BCUT2D eigenvalue weighted by atomic mass is 35.5. The van der Waals surface area contributed by atoms with Crippen LogP contribution in [0.3, 0.4) is 0 Å². The number of anilines is 2. The van der Waals surface area contributed by atoms with Gasteiger partial charge in [0.25, 0.3) is 5.91 Å². The summed E-state index contributed by atoms with van der Waals surface area (Å²) in [6.07, 6.45) is 0. The standard InChI is InChI=1S/C23H24ClN3O/c1-2-26-13-15-27(16-14-26)18-11-9-17(10-12-18)25-23(28)21-7-3-6-20-19(21)5-4-8-22(20)24/h3-12H,2,13-16H2,1H3,(H,25,28). The molecule has 0 bridgehead atoms. The molecule has 3 aromatic rings. The Labute approximate surface area is 170 Å². The Bertz CT molecular complexity index is 979. The summed E-state index contributed by atoms with van der Waals surface area (Å²) in [5, 5.41) is 5.41. The molecule has 5 heteroatoms. The van der Waals surface area contributed by atoms with E-state index in [0.717, 1.165) is 49.2 Å². The largest absolute Gasteiger partial charge is 0.369 e. The van der Waals surface area contributed by atoms with Crippen LogP contribution in [0.5, 0.6) is 0 Å². The van der Waals surface area contributed by atoms with E-state index in [0.29, 0.717) is 10.6 Å². The Kier molecular flexibility index (Phi) is 5.51. The lowest BCUT2D eigenvalue weighted by Gasteiger charge is -2.35. The lowest BCUT2D eigenvalue weighted by Crippen LogP contribution is -2.46. The van der Waals surface area contributed by atoms with Crippen LogP contribution in [0.4, 0.5) is 11.4 Å². The first-order chi connectivity index (χ1) is 13.7. The highest BCUT2D eigenvalue weighted by molar-refractivity contribution is 6.36. The third kappa shape index (κ3) is 3.84. The van der Waals surface area contributed by atoms with E-state index < -0.39 is 0 Å². The lowest BCUT2D eigenvalue weighted by molar-refractivity contribution is 0.102. The van der Waals surface area contributed by atoms with Crippen LogP contribution in [0.15, 0.2) is 60.7 Å². The van der Waals surface area contributed by atoms with Gasteiger partial charge in [-0.2, -0.15) is 0 Å². The summed E-state index contributed by atoms with van der Waals surface area (Å²) in [5.41, 5.74) is 2.62. The van der Waals surface area contributed by atoms with Gasteiger partial charge in [0.1, 0.15) is 0 Å². The van der Waals surface area contributed by atoms with Gasteiger partial charge in [-0.25, -0.2) is 0 Å². The zero-order valence-electron chi connectivity index (χ0n) is 16.0. The first-order valence-corrected chi connectivity index (χ1v) is 10.1. The van der Waals surface area contributed by atoms with E-state index in [1.807, 2.05) is 48.5 Å². The Morgan fingerprint density at radius 1 is 0.929 bits per heavy atom. The number of likely N-dealkylation sites (N-methyl/N-ethyl adjacent to an activating group) is 1. The van der Waals surface area contributed by atoms with Gasteiger partial charge in [-0.3, -0.25) is 4.79 Å². The number of amides is 1. The monoisotopic (exact) mass is 393 g/mol. The van der Waals surface area contributed by atoms with Gasteiger partial charge in [-0.05, 0) is 48.3 Å². The average molecular weight is 394 g/mol. The Morgan fingerprint density at radius 2 is 1.61 bits per heavy atom. The molecule has 0 radical (unpaired) electrons. The van der Waals surface area contributed by atoms with Gasteiger partial charge in [0.15, 0.2) is 0 Å². The number of halogens is 1. The first kappa shape index (κ1) is 18.8. The van der Waals surface area contributed by atoms with Gasteiger partial charge in [-0.1, -0.05) is 42.8 Å². The molecule has 1 fully saturated rings. The van der Waals surface area contributed by atoms with Crippen molar-refractivity contribution in [3.63, 3.8) is 0 Å². The molecule has 4 nitrogen and oxygen atoms in total. The number of piperazine rings is 1. The minimum atomic E-state index is -0.128. The third-order valence-electron chi connectivity index (χ3n) is 5.42. The zero-order chi connectivity index (χ0) is 19.5. The van der Waals surface area contributed by atoms with Gasteiger partial charge in [-0.15, -0.1) is 0 Å². The SMILES string of the molecule is CCN1CCN(c2ccc(NC(=O)c3cccc4c(Cl)cccc34)cc2)CC1. The van der Waals surface area contributed by atoms with Gasteiger partial charge >= 0.3 is 0 Å². The highest BCUT2D eigenvalue weighted by Gasteiger charge is 2.16. The Morgan fingerprint density at radius 3 is 2.32 bits per heavy atom. The zero-order valence-corrected chi connectivity index (χ0v) is 16.7. The number of nitrogens with zero attached hydrogens (tertiary/aromatic N) is 2. The van der Waals surface area contributed by atoms with Crippen molar-refractivity contribution in [2.24, 2.45) is 0 Å². The summed E-state index contributed by atoms with van der Waals surface area (Å²) in [6, 6.07) is 19.4. The maximum atomic E-state index is 12.8.